The molecule has 23 heavy (non-hydrogen) atoms. The molecular weight excluding hydrogens is 288 g/mol. The third-order valence-corrected chi connectivity index (χ3v) is 5.09. The van der Waals surface area contributed by atoms with Gasteiger partial charge < -0.3 is 15.0 Å². The Balaban J connectivity index is 1.59. The molecule has 0 spiro atoms. The van der Waals surface area contributed by atoms with E-state index in [2.05, 4.69) is 5.32 Å². The Bertz CT molecular complexity index is 513. The summed E-state index contributed by atoms with van der Waals surface area (Å²) in [6.45, 7) is 8.69. The molecule has 0 bridgehead atoms. The summed E-state index contributed by atoms with van der Waals surface area (Å²) in [6.07, 6.45) is 2.48. The van der Waals surface area contributed by atoms with E-state index < -0.39 is 0 Å². The molecular formula is C19H28N2O2. The Morgan fingerprint density at radius 1 is 1.17 bits per heavy atom. The number of rotatable bonds is 4. The number of nitrogens with zero attached hydrogens (tertiary/aromatic N) is 1. The molecule has 2 aliphatic rings. The number of benzene rings is 1. The van der Waals surface area contributed by atoms with Crippen LogP contribution in [-0.4, -0.2) is 43.1 Å². The van der Waals surface area contributed by atoms with Crippen molar-refractivity contribution in [1.29, 1.82) is 0 Å². The van der Waals surface area contributed by atoms with E-state index in [0.29, 0.717) is 6.61 Å². The summed E-state index contributed by atoms with van der Waals surface area (Å²) in [6, 6.07) is 7.89. The lowest BCUT2D eigenvalue weighted by Gasteiger charge is -2.21. The minimum Gasteiger partial charge on any atom is -0.374 e. The van der Waals surface area contributed by atoms with E-state index in [1.54, 1.807) is 0 Å². The van der Waals surface area contributed by atoms with Crippen LogP contribution in [0.15, 0.2) is 24.3 Å². The Kier molecular flexibility index (Phi) is 5.34. The van der Waals surface area contributed by atoms with Crippen LogP contribution in [0.25, 0.3) is 0 Å². The van der Waals surface area contributed by atoms with Crippen LogP contribution in [0.4, 0.5) is 0 Å². The van der Waals surface area contributed by atoms with Gasteiger partial charge in [0.05, 0.1) is 12.7 Å². The zero-order chi connectivity index (χ0) is 16.2. The molecule has 0 radical (unpaired) electrons. The minimum absolute atomic E-state index is 0.175. The van der Waals surface area contributed by atoms with Crippen molar-refractivity contribution < 1.29 is 9.53 Å². The van der Waals surface area contributed by atoms with E-state index in [-0.39, 0.29) is 12.0 Å². The Hall–Kier alpha value is -1.39. The van der Waals surface area contributed by atoms with Crippen LogP contribution in [0.2, 0.25) is 0 Å². The van der Waals surface area contributed by atoms with Crippen molar-refractivity contribution in [2.24, 2.45) is 11.8 Å². The summed E-state index contributed by atoms with van der Waals surface area (Å²) in [5, 5.41) is 3.48. The largest absolute Gasteiger partial charge is 0.374 e. The number of ether oxygens (including phenoxy) is 1. The van der Waals surface area contributed by atoms with Crippen molar-refractivity contribution in [2.75, 3.05) is 26.2 Å². The highest BCUT2D eigenvalue weighted by molar-refractivity contribution is 5.94. The van der Waals surface area contributed by atoms with Gasteiger partial charge in [0.2, 0.25) is 0 Å². The highest BCUT2D eigenvalue weighted by atomic mass is 16.5. The lowest BCUT2D eigenvalue weighted by molar-refractivity contribution is 0.0656. The summed E-state index contributed by atoms with van der Waals surface area (Å²) in [4.78, 5) is 14.8. The number of nitrogens with one attached hydrogen (secondary N) is 1. The molecule has 2 saturated heterocycles. The zero-order valence-electron chi connectivity index (χ0n) is 14.3. The quantitative estimate of drug-likeness (QED) is 0.928. The third kappa shape index (κ3) is 4.12. The molecule has 0 unspecified atom stereocenters. The molecule has 2 fully saturated rings. The predicted octanol–water partition coefficient (Wildman–Crippen LogP) is 2.68. The molecule has 2 aliphatic heterocycles. The van der Waals surface area contributed by atoms with Gasteiger partial charge in [0, 0.05) is 18.7 Å². The van der Waals surface area contributed by atoms with E-state index in [0.717, 1.165) is 62.0 Å². The predicted molar refractivity (Wildman–Crippen MR) is 91.4 cm³/mol. The van der Waals surface area contributed by atoms with Crippen molar-refractivity contribution in [2.45, 2.75) is 39.4 Å². The first-order valence-corrected chi connectivity index (χ1v) is 8.84. The molecule has 4 nitrogen and oxygen atoms in total. The smallest absolute Gasteiger partial charge is 0.253 e. The average molecular weight is 316 g/mol. The zero-order valence-corrected chi connectivity index (χ0v) is 14.3. The lowest BCUT2D eigenvalue weighted by atomic mass is 9.92. The summed E-state index contributed by atoms with van der Waals surface area (Å²) >= 11 is 0. The SMILES string of the molecule is CC(C)OCc1ccc(C(=O)N2CC[C@@H]3CNC[C@@H]3CC2)cc1. The third-order valence-electron chi connectivity index (χ3n) is 5.09. The van der Waals surface area contributed by atoms with E-state index in [9.17, 15) is 4.79 Å². The number of carbonyl (C=O) groups excluding carboxylic acids is 1. The molecule has 1 N–H and O–H groups in total. The molecule has 1 aromatic carbocycles. The summed E-state index contributed by atoms with van der Waals surface area (Å²) in [7, 11) is 0. The fourth-order valence-corrected chi connectivity index (χ4v) is 3.61. The van der Waals surface area contributed by atoms with Crippen molar-refractivity contribution in [3.8, 4) is 0 Å². The summed E-state index contributed by atoms with van der Waals surface area (Å²) in [5.41, 5.74) is 1.91. The van der Waals surface area contributed by atoms with Gasteiger partial charge in [-0.05, 0) is 69.3 Å². The van der Waals surface area contributed by atoms with Crippen LogP contribution in [0.1, 0.15) is 42.6 Å². The second-order valence-electron chi connectivity index (χ2n) is 7.10. The first-order chi connectivity index (χ1) is 11.1. The van der Waals surface area contributed by atoms with Crippen LogP contribution in [-0.2, 0) is 11.3 Å². The molecule has 4 heteroatoms. The van der Waals surface area contributed by atoms with Gasteiger partial charge in [0.1, 0.15) is 0 Å². The second kappa shape index (κ2) is 7.45. The van der Waals surface area contributed by atoms with Crippen LogP contribution >= 0.6 is 0 Å². The van der Waals surface area contributed by atoms with Gasteiger partial charge in [0.15, 0.2) is 0 Å². The first-order valence-electron chi connectivity index (χ1n) is 8.84. The monoisotopic (exact) mass is 316 g/mol. The molecule has 0 saturated carbocycles. The number of amides is 1. The van der Waals surface area contributed by atoms with Gasteiger partial charge in [0.25, 0.3) is 5.91 Å². The van der Waals surface area contributed by atoms with Gasteiger partial charge in [-0.3, -0.25) is 4.79 Å². The topological polar surface area (TPSA) is 41.6 Å². The van der Waals surface area contributed by atoms with E-state index in [1.165, 1.54) is 0 Å². The van der Waals surface area contributed by atoms with Gasteiger partial charge in [-0.2, -0.15) is 0 Å². The van der Waals surface area contributed by atoms with Crippen molar-refractivity contribution >= 4 is 5.91 Å². The van der Waals surface area contributed by atoms with E-state index >= 15 is 0 Å². The van der Waals surface area contributed by atoms with E-state index in [1.807, 2.05) is 43.0 Å². The van der Waals surface area contributed by atoms with Gasteiger partial charge in [-0.25, -0.2) is 0 Å². The lowest BCUT2D eigenvalue weighted by Crippen LogP contribution is -2.32. The van der Waals surface area contributed by atoms with Crippen molar-refractivity contribution in [3.63, 3.8) is 0 Å². The van der Waals surface area contributed by atoms with Crippen LogP contribution < -0.4 is 5.32 Å². The van der Waals surface area contributed by atoms with Crippen molar-refractivity contribution in [3.05, 3.63) is 35.4 Å². The molecule has 126 valence electrons. The minimum atomic E-state index is 0.175. The maximum atomic E-state index is 12.7. The average Bonchev–Trinajstić information content (AvgIpc) is 2.91. The van der Waals surface area contributed by atoms with E-state index in [4.69, 9.17) is 4.74 Å². The number of hydrogen-bond donors (Lipinski definition) is 1. The fourth-order valence-electron chi connectivity index (χ4n) is 3.61. The van der Waals surface area contributed by atoms with Gasteiger partial charge >= 0.3 is 0 Å². The Morgan fingerprint density at radius 3 is 2.35 bits per heavy atom. The standard InChI is InChI=1S/C19H28N2O2/c1-14(2)23-13-15-3-5-16(6-4-15)19(22)21-9-7-17-11-20-12-18(17)8-10-21/h3-6,14,17-18,20H,7-13H2,1-2H3/t17-,18+. The van der Waals surface area contributed by atoms with Crippen LogP contribution in [0.5, 0.6) is 0 Å². The Morgan fingerprint density at radius 2 is 1.78 bits per heavy atom. The van der Waals surface area contributed by atoms with Crippen LogP contribution in [0.3, 0.4) is 0 Å². The fraction of sp³-hybridized carbons (Fsp3) is 0.632. The maximum Gasteiger partial charge on any atom is 0.253 e. The van der Waals surface area contributed by atoms with Gasteiger partial charge in [-0.1, -0.05) is 12.1 Å². The highest BCUT2D eigenvalue weighted by Gasteiger charge is 2.31. The second-order valence-corrected chi connectivity index (χ2v) is 7.10. The number of likely N-dealkylation sites (tertiary alicyclic amines) is 1. The Labute approximate surface area is 139 Å². The number of carbonyl (C=O) groups is 1. The summed E-state index contributed by atoms with van der Waals surface area (Å²) < 4.78 is 5.60. The first kappa shape index (κ1) is 16.5. The molecule has 0 aromatic heterocycles. The molecule has 3 rings (SSSR count). The molecule has 1 amide bonds. The molecule has 2 heterocycles. The maximum absolute atomic E-state index is 12.7. The normalized spacial score (nSPS) is 24.6. The molecule has 1 aromatic rings. The molecule has 2 atom stereocenters. The summed E-state index contributed by atoms with van der Waals surface area (Å²) in [5.74, 6) is 1.68. The highest BCUT2D eigenvalue weighted by Crippen LogP contribution is 2.27. The van der Waals surface area contributed by atoms with Gasteiger partial charge in [-0.15, -0.1) is 0 Å². The van der Waals surface area contributed by atoms with Crippen molar-refractivity contribution in [1.82, 2.24) is 10.2 Å². The number of fused-ring (bicyclic) bond motifs is 1. The van der Waals surface area contributed by atoms with Crippen LogP contribution in [0, 0.1) is 11.8 Å². The number of hydrogen-bond acceptors (Lipinski definition) is 3. The molecule has 0 aliphatic carbocycles.